The van der Waals surface area contributed by atoms with Crippen LogP contribution in [0.15, 0.2) is 0 Å². The number of hydrogen-bond donors (Lipinski definition) is 1. The zero-order valence-corrected chi connectivity index (χ0v) is 12.3. The highest BCUT2D eigenvalue weighted by Crippen LogP contribution is 2.27. The van der Waals surface area contributed by atoms with Gasteiger partial charge in [0.15, 0.2) is 0 Å². The molecule has 0 heterocycles. The van der Waals surface area contributed by atoms with E-state index in [1.54, 1.807) is 0 Å². The molecule has 0 bridgehead atoms. The van der Waals surface area contributed by atoms with Crippen molar-refractivity contribution < 1.29 is 23.1 Å². The minimum Gasteiger partial charge on any atom is -0.662 e. The summed E-state index contributed by atoms with van der Waals surface area (Å²) in [5.74, 6) is -1.99. The van der Waals surface area contributed by atoms with Gasteiger partial charge >= 0.3 is 6.18 Å². The predicted molar refractivity (Wildman–Crippen MR) is 73.6 cm³/mol. The summed E-state index contributed by atoms with van der Waals surface area (Å²) in [5, 5.41) is 13.3. The summed E-state index contributed by atoms with van der Waals surface area (Å²) >= 11 is 0. The summed E-state index contributed by atoms with van der Waals surface area (Å²) in [7, 11) is 0. The molecule has 0 radical (unpaired) electrons. The monoisotopic (exact) mass is 310 g/mol. The second-order valence-electron chi connectivity index (χ2n) is 5.24. The zero-order chi connectivity index (χ0) is 16.1. The molecule has 1 aliphatic carbocycles. The highest BCUT2D eigenvalue weighted by Gasteiger charge is 2.28. The van der Waals surface area contributed by atoms with Crippen molar-refractivity contribution in [2.45, 2.75) is 57.5 Å². The van der Waals surface area contributed by atoms with Crippen molar-refractivity contribution in [1.29, 1.82) is 0 Å². The average Bonchev–Trinajstić information content (AvgIpc) is 2.43. The van der Waals surface area contributed by atoms with Crippen LogP contribution in [0, 0.1) is 5.92 Å². The normalized spacial score (nSPS) is 16.2. The first-order chi connectivity index (χ1) is 9.88. The van der Waals surface area contributed by atoms with Crippen LogP contribution in [0.4, 0.5) is 13.2 Å². The van der Waals surface area contributed by atoms with Gasteiger partial charge in [0.05, 0.1) is 0 Å². The highest BCUT2D eigenvalue weighted by atomic mass is 19.4. The number of aliphatic carboxylic acids is 1. The minimum atomic E-state index is -5.19. The smallest absolute Gasteiger partial charge is 0.430 e. The molecule has 0 aromatic rings. The Morgan fingerprint density at radius 2 is 1.67 bits per heavy atom. The molecule has 0 saturated heterocycles. The van der Waals surface area contributed by atoms with E-state index in [-0.39, 0.29) is 0 Å². The van der Waals surface area contributed by atoms with Crippen LogP contribution < -0.4 is 10.8 Å². The van der Waals surface area contributed by atoms with Gasteiger partial charge in [-0.15, -0.1) is 13.1 Å². The van der Waals surface area contributed by atoms with Gasteiger partial charge in [-0.05, 0) is 12.5 Å². The molecule has 0 spiro atoms. The first-order valence-corrected chi connectivity index (χ1v) is 7.49. The quantitative estimate of drug-likeness (QED) is 0.733. The van der Waals surface area contributed by atoms with Crippen LogP contribution in [0.25, 0.3) is 5.32 Å². The van der Waals surface area contributed by atoms with E-state index in [1.807, 2.05) is 0 Å². The van der Waals surface area contributed by atoms with E-state index in [4.69, 9.17) is 15.6 Å². The molecule has 0 aromatic heterocycles. The van der Waals surface area contributed by atoms with Crippen LogP contribution in [-0.4, -0.2) is 31.8 Å². The molecule has 0 atom stereocenters. The van der Waals surface area contributed by atoms with E-state index >= 15 is 0 Å². The number of hydrogen-bond acceptors (Lipinski definition) is 3. The molecule has 0 unspecified atom stereocenters. The number of carboxylic acid groups (broad SMARTS) is 1. The zero-order valence-electron chi connectivity index (χ0n) is 12.3. The fourth-order valence-electron chi connectivity index (χ4n) is 2.28. The molecular weight excluding hydrogens is 285 g/mol. The van der Waals surface area contributed by atoms with Gasteiger partial charge in [0, 0.05) is 0 Å². The van der Waals surface area contributed by atoms with Gasteiger partial charge < -0.3 is 21.0 Å². The maximum absolute atomic E-state index is 10.5. The Morgan fingerprint density at radius 3 is 2.14 bits per heavy atom. The Kier molecular flexibility index (Phi) is 11.3. The molecule has 21 heavy (non-hydrogen) atoms. The fourth-order valence-corrected chi connectivity index (χ4v) is 2.28. The number of alkyl halides is 3. The summed E-state index contributed by atoms with van der Waals surface area (Å²) in [4.78, 5) is 8.78. The molecule has 2 N–H and O–H groups in total. The lowest BCUT2D eigenvalue weighted by molar-refractivity contribution is -0.344. The standard InChI is InChI=1S/C12H25N2.C2HF3O2/c13-9-5-11-14-10-4-8-12-6-2-1-3-7-12;3-2(4,5)1(6)7/h12H,1-11,13H2;(H,6,7)/q-1;/p-1. The van der Waals surface area contributed by atoms with Crippen molar-refractivity contribution in [3.05, 3.63) is 5.32 Å². The second kappa shape index (κ2) is 11.8. The molecule has 1 aliphatic rings. The maximum atomic E-state index is 10.5. The number of carbonyl (C=O) groups is 1. The Balaban J connectivity index is 0.000000486. The number of halogens is 3. The summed E-state index contributed by atoms with van der Waals surface area (Å²) in [6.07, 6.45) is 5.93. The Hall–Kier alpha value is -0.820. The lowest BCUT2D eigenvalue weighted by Gasteiger charge is -2.24. The van der Waals surface area contributed by atoms with E-state index in [9.17, 15) is 13.2 Å². The van der Waals surface area contributed by atoms with Crippen molar-refractivity contribution in [3.8, 4) is 0 Å². The SMILES string of the molecule is NCCC[N-]CCCC1CCCCC1.O=C([O-])C(F)(F)F. The predicted octanol–water partition coefficient (Wildman–Crippen LogP) is 2.37. The molecule has 1 rings (SSSR count). The largest absolute Gasteiger partial charge is 0.662 e. The molecular formula is C14H25F3N2O2-2. The molecule has 1 fully saturated rings. The van der Waals surface area contributed by atoms with Crippen molar-refractivity contribution >= 4 is 5.97 Å². The van der Waals surface area contributed by atoms with E-state index < -0.39 is 12.1 Å². The Labute approximate surface area is 124 Å². The number of nitrogens with two attached hydrogens (primary N) is 1. The van der Waals surface area contributed by atoms with Gasteiger partial charge in [0.2, 0.25) is 0 Å². The van der Waals surface area contributed by atoms with Crippen molar-refractivity contribution in [2.75, 3.05) is 19.6 Å². The average molecular weight is 310 g/mol. The van der Waals surface area contributed by atoms with Crippen molar-refractivity contribution in [1.82, 2.24) is 0 Å². The summed E-state index contributed by atoms with van der Waals surface area (Å²) < 4.78 is 31.5. The lowest BCUT2D eigenvalue weighted by atomic mass is 9.86. The van der Waals surface area contributed by atoms with E-state index in [2.05, 4.69) is 5.32 Å². The molecule has 7 heteroatoms. The second-order valence-corrected chi connectivity index (χ2v) is 5.24. The van der Waals surface area contributed by atoms with Crippen LogP contribution in [0.1, 0.15) is 51.4 Å². The van der Waals surface area contributed by atoms with E-state index in [0.29, 0.717) is 0 Å². The first-order valence-electron chi connectivity index (χ1n) is 7.49. The molecule has 4 nitrogen and oxygen atoms in total. The topological polar surface area (TPSA) is 80.2 Å². The van der Waals surface area contributed by atoms with Gasteiger partial charge in [0.1, 0.15) is 5.97 Å². The summed E-state index contributed by atoms with van der Waals surface area (Å²) in [5.41, 5.74) is 5.40. The lowest BCUT2D eigenvalue weighted by Crippen LogP contribution is -2.37. The number of nitrogens with zero attached hydrogens (tertiary/aromatic N) is 1. The van der Waals surface area contributed by atoms with Crippen LogP contribution in [0.3, 0.4) is 0 Å². The number of carbonyl (C=O) groups excluding carboxylic acids is 1. The van der Waals surface area contributed by atoms with E-state index in [1.165, 1.54) is 44.9 Å². The molecule has 0 aliphatic heterocycles. The van der Waals surface area contributed by atoms with Gasteiger partial charge in [-0.25, -0.2) is 0 Å². The first kappa shape index (κ1) is 20.2. The van der Waals surface area contributed by atoms with Crippen LogP contribution in [0.5, 0.6) is 0 Å². The fraction of sp³-hybridized carbons (Fsp3) is 0.929. The van der Waals surface area contributed by atoms with Gasteiger partial charge in [0.25, 0.3) is 0 Å². The molecule has 1 saturated carbocycles. The van der Waals surface area contributed by atoms with Crippen LogP contribution in [-0.2, 0) is 4.79 Å². The molecule has 0 amide bonds. The molecule has 0 aromatic carbocycles. The number of rotatable bonds is 7. The Morgan fingerprint density at radius 1 is 1.14 bits per heavy atom. The van der Waals surface area contributed by atoms with Gasteiger partial charge in [-0.1, -0.05) is 51.4 Å². The third-order valence-electron chi connectivity index (χ3n) is 3.41. The van der Waals surface area contributed by atoms with Crippen molar-refractivity contribution in [3.63, 3.8) is 0 Å². The summed E-state index contributed by atoms with van der Waals surface area (Å²) in [6, 6.07) is 0. The van der Waals surface area contributed by atoms with E-state index in [0.717, 1.165) is 32.0 Å². The third kappa shape index (κ3) is 12.6. The van der Waals surface area contributed by atoms with Crippen LogP contribution >= 0.6 is 0 Å². The third-order valence-corrected chi connectivity index (χ3v) is 3.41. The Bertz CT molecular complexity index is 267. The highest BCUT2D eigenvalue weighted by molar-refractivity contribution is 5.70. The summed E-state index contributed by atoms with van der Waals surface area (Å²) in [6.45, 7) is 2.82. The number of carboxylic acids is 1. The maximum Gasteiger partial charge on any atom is 0.430 e. The van der Waals surface area contributed by atoms with Crippen LogP contribution in [0.2, 0.25) is 0 Å². The molecule has 126 valence electrons. The van der Waals surface area contributed by atoms with Gasteiger partial charge in [-0.3, -0.25) is 0 Å². The van der Waals surface area contributed by atoms with Gasteiger partial charge in [-0.2, -0.15) is 13.2 Å². The van der Waals surface area contributed by atoms with Crippen molar-refractivity contribution in [2.24, 2.45) is 11.7 Å². The minimum absolute atomic E-state index is 0.784.